The molecule has 0 N–H and O–H groups in total. The Morgan fingerprint density at radius 2 is 1.47 bits per heavy atom. The topological polar surface area (TPSA) is 54.0 Å². The smallest absolute Gasteiger partial charge is 0.448 e. The van der Waals surface area contributed by atoms with E-state index >= 15 is 0 Å². The van der Waals surface area contributed by atoms with E-state index in [1.165, 1.54) is 21.3 Å². The minimum atomic E-state index is -3.31. The molecule has 92 valence electrons. The molecule has 0 aliphatic heterocycles. The van der Waals surface area contributed by atoms with Crippen LogP contribution in [0.5, 0.6) is 0 Å². The largest absolute Gasteiger partial charge is 0.751 e. The van der Waals surface area contributed by atoms with Gasteiger partial charge in [-0.05, 0) is 12.1 Å². The molecular formula is C10H14O5Si2. The number of hydrogen-bond acceptors (Lipinski definition) is 5. The fourth-order valence-corrected chi connectivity index (χ4v) is 2.22. The summed E-state index contributed by atoms with van der Waals surface area (Å²) >= 11 is 0. The van der Waals surface area contributed by atoms with Crippen molar-refractivity contribution in [1.82, 2.24) is 0 Å². The van der Waals surface area contributed by atoms with Crippen LogP contribution in [0.1, 0.15) is 10.4 Å². The van der Waals surface area contributed by atoms with Crippen molar-refractivity contribution < 1.29 is 22.5 Å². The van der Waals surface area contributed by atoms with E-state index in [9.17, 15) is 4.79 Å². The Morgan fingerprint density at radius 3 is 1.88 bits per heavy atom. The predicted octanol–water partition coefficient (Wildman–Crippen LogP) is 0.837. The lowest BCUT2D eigenvalue weighted by Crippen LogP contribution is -2.48. The number of hydrogen-bond donors (Lipinski definition) is 0. The summed E-state index contributed by atoms with van der Waals surface area (Å²) in [4.78, 5) is 11.7. The Balaban J connectivity index is 0.00000256. The minimum absolute atomic E-state index is 0. The van der Waals surface area contributed by atoms with E-state index in [-0.39, 0.29) is 11.0 Å². The van der Waals surface area contributed by atoms with Gasteiger partial charge < -0.3 is 17.7 Å². The number of benzene rings is 1. The molecule has 17 heavy (non-hydrogen) atoms. The Labute approximate surface area is 106 Å². The third kappa shape index (κ3) is 4.06. The van der Waals surface area contributed by atoms with E-state index in [2.05, 4.69) is 0 Å². The summed E-state index contributed by atoms with van der Waals surface area (Å²) in [6.07, 6.45) is 0. The van der Waals surface area contributed by atoms with Gasteiger partial charge >= 0.3 is 15.0 Å². The highest BCUT2D eigenvalue weighted by atomic mass is 28.4. The fourth-order valence-electron chi connectivity index (χ4n) is 1.12. The second-order valence-corrected chi connectivity index (χ2v) is 5.30. The van der Waals surface area contributed by atoms with Crippen molar-refractivity contribution in [2.45, 2.75) is 0 Å². The molecule has 0 atom stereocenters. The molecule has 5 nitrogen and oxygen atoms in total. The molecule has 0 heterocycles. The molecular weight excluding hydrogens is 256 g/mol. The molecule has 0 spiro atoms. The van der Waals surface area contributed by atoms with Gasteiger partial charge in [0, 0.05) is 32.3 Å². The number of carbonyl (C=O) groups excluding carboxylic acids is 1. The first kappa shape index (κ1) is 16.0. The van der Waals surface area contributed by atoms with Crippen LogP contribution >= 0.6 is 0 Å². The van der Waals surface area contributed by atoms with Crippen LogP contribution < -0.4 is 0 Å². The minimum Gasteiger partial charge on any atom is -0.448 e. The molecule has 1 aromatic rings. The Bertz CT molecular complexity index is 332. The van der Waals surface area contributed by atoms with Gasteiger partial charge in [0.15, 0.2) is 0 Å². The Kier molecular flexibility index (Phi) is 6.92. The fraction of sp³-hybridized carbons (Fsp3) is 0.300. The molecule has 0 aromatic heterocycles. The number of rotatable bonds is 5. The molecule has 0 fully saturated rings. The SMILES string of the molecule is CO[Si](OC)(OC)OC(=O)c1ccccc1.[Si]. The quantitative estimate of drug-likeness (QED) is 0.742. The second kappa shape index (κ2) is 7.35. The van der Waals surface area contributed by atoms with E-state index in [1.54, 1.807) is 24.3 Å². The van der Waals surface area contributed by atoms with E-state index in [0.717, 1.165) is 0 Å². The first-order valence-corrected chi connectivity index (χ1v) is 6.24. The van der Waals surface area contributed by atoms with Crippen LogP contribution in [0.3, 0.4) is 0 Å². The Morgan fingerprint density at radius 1 is 1.00 bits per heavy atom. The highest BCUT2D eigenvalue weighted by molar-refractivity contribution is 6.55. The zero-order valence-electron chi connectivity index (χ0n) is 9.93. The molecule has 0 amide bonds. The summed E-state index contributed by atoms with van der Waals surface area (Å²) in [5.41, 5.74) is 0.422. The van der Waals surface area contributed by atoms with Gasteiger partial charge in [-0.1, -0.05) is 18.2 Å². The van der Waals surface area contributed by atoms with E-state index in [0.29, 0.717) is 5.56 Å². The summed E-state index contributed by atoms with van der Waals surface area (Å²) in [6, 6.07) is 8.58. The molecule has 0 aliphatic carbocycles. The second-order valence-electron chi connectivity index (χ2n) is 2.87. The van der Waals surface area contributed by atoms with Gasteiger partial charge in [0.05, 0.1) is 5.56 Å². The lowest BCUT2D eigenvalue weighted by molar-refractivity contribution is 0.00951. The summed E-state index contributed by atoms with van der Waals surface area (Å²) in [6.45, 7) is 0. The molecule has 1 rings (SSSR count). The van der Waals surface area contributed by atoms with Gasteiger partial charge in [-0.25, -0.2) is 4.79 Å². The lowest BCUT2D eigenvalue weighted by Gasteiger charge is -2.22. The van der Waals surface area contributed by atoms with Crippen molar-refractivity contribution in [3.63, 3.8) is 0 Å². The van der Waals surface area contributed by atoms with Gasteiger partial charge in [0.1, 0.15) is 0 Å². The van der Waals surface area contributed by atoms with Crippen LogP contribution in [-0.4, -0.2) is 47.3 Å². The molecule has 0 unspecified atom stereocenters. The van der Waals surface area contributed by atoms with E-state index < -0.39 is 15.0 Å². The lowest BCUT2D eigenvalue weighted by atomic mass is 10.2. The van der Waals surface area contributed by atoms with Gasteiger partial charge in [-0.2, -0.15) is 0 Å². The molecule has 4 radical (unpaired) electrons. The van der Waals surface area contributed by atoms with Crippen LogP contribution in [0.2, 0.25) is 0 Å². The summed E-state index contributed by atoms with van der Waals surface area (Å²) in [7, 11) is 0.805. The average Bonchev–Trinajstić information content (AvgIpc) is 2.37. The van der Waals surface area contributed by atoms with Crippen molar-refractivity contribution in [2.75, 3.05) is 21.3 Å². The summed E-state index contributed by atoms with van der Waals surface area (Å²) in [5.74, 6) is -0.530. The van der Waals surface area contributed by atoms with Gasteiger partial charge in [-0.15, -0.1) is 0 Å². The number of carbonyl (C=O) groups is 1. The van der Waals surface area contributed by atoms with Crippen molar-refractivity contribution >= 4 is 26.0 Å². The van der Waals surface area contributed by atoms with Crippen LogP contribution in [0, 0.1) is 0 Å². The van der Waals surface area contributed by atoms with Crippen LogP contribution in [0.4, 0.5) is 0 Å². The monoisotopic (exact) mass is 270 g/mol. The summed E-state index contributed by atoms with van der Waals surface area (Å²) < 4.78 is 20.0. The van der Waals surface area contributed by atoms with E-state index in [1.807, 2.05) is 6.07 Å². The summed E-state index contributed by atoms with van der Waals surface area (Å²) in [5, 5.41) is 0. The van der Waals surface area contributed by atoms with Crippen molar-refractivity contribution in [3.8, 4) is 0 Å². The average molecular weight is 270 g/mol. The molecule has 0 bridgehead atoms. The maximum absolute atomic E-state index is 11.7. The zero-order chi connectivity index (χ0) is 12.0. The van der Waals surface area contributed by atoms with Gasteiger partial charge in [0.25, 0.3) is 0 Å². The van der Waals surface area contributed by atoms with Crippen LogP contribution in [0.15, 0.2) is 30.3 Å². The van der Waals surface area contributed by atoms with Crippen molar-refractivity contribution in [1.29, 1.82) is 0 Å². The highest BCUT2D eigenvalue weighted by Gasteiger charge is 2.47. The third-order valence-electron chi connectivity index (χ3n) is 1.98. The molecule has 0 saturated carbocycles. The zero-order valence-corrected chi connectivity index (χ0v) is 11.9. The van der Waals surface area contributed by atoms with E-state index in [4.69, 9.17) is 17.7 Å². The first-order valence-electron chi connectivity index (χ1n) is 4.61. The van der Waals surface area contributed by atoms with Crippen LogP contribution in [-0.2, 0) is 17.7 Å². The normalized spacial score (nSPS) is 10.5. The van der Waals surface area contributed by atoms with Crippen LogP contribution in [0.25, 0.3) is 0 Å². The van der Waals surface area contributed by atoms with Gasteiger partial charge in [0.2, 0.25) is 0 Å². The third-order valence-corrected chi connectivity index (χ3v) is 3.91. The standard InChI is InChI=1S/C10H14O5Si.Si/c1-12-16(13-2,14-3)15-10(11)9-7-5-4-6-8-9;/h4-8H,1-3H3;. The predicted molar refractivity (Wildman–Crippen MR) is 64.4 cm³/mol. The molecule has 0 aliphatic rings. The van der Waals surface area contributed by atoms with Crippen molar-refractivity contribution in [3.05, 3.63) is 35.9 Å². The maximum atomic E-state index is 11.7. The highest BCUT2D eigenvalue weighted by Crippen LogP contribution is 2.11. The maximum Gasteiger partial charge on any atom is 0.751 e. The molecule has 0 saturated heterocycles. The van der Waals surface area contributed by atoms with Gasteiger partial charge in [-0.3, -0.25) is 0 Å². The molecule has 1 aromatic carbocycles. The Hall–Kier alpha value is -0.996. The molecule has 7 heteroatoms. The van der Waals surface area contributed by atoms with Crippen molar-refractivity contribution in [2.24, 2.45) is 0 Å². The first-order chi connectivity index (χ1) is 7.67.